The van der Waals surface area contributed by atoms with Crippen LogP contribution in [0.4, 0.5) is 19.0 Å². The predicted octanol–water partition coefficient (Wildman–Crippen LogP) is 4.33. The van der Waals surface area contributed by atoms with E-state index in [1.807, 2.05) is 11.0 Å². The molecule has 0 aliphatic heterocycles. The van der Waals surface area contributed by atoms with E-state index in [1.54, 1.807) is 32.0 Å². The van der Waals surface area contributed by atoms with Crippen LogP contribution in [0, 0.1) is 0 Å². The second kappa shape index (κ2) is 14.2. The Bertz CT molecular complexity index is 1390. The van der Waals surface area contributed by atoms with E-state index in [4.69, 9.17) is 11.6 Å². The number of carbonyl (C=O) groups excluding carboxylic acids is 2. The number of carbonyl (C=O) groups is 2. The molecule has 0 aliphatic rings. The van der Waals surface area contributed by atoms with Crippen molar-refractivity contribution in [2.24, 2.45) is 5.10 Å². The molecule has 0 saturated carbocycles. The third-order valence-corrected chi connectivity index (χ3v) is 5.93. The number of anilines is 1. The highest BCUT2D eigenvalue weighted by Gasteiger charge is 2.33. The monoisotopic (exact) mass is 591 g/mol. The summed E-state index contributed by atoms with van der Waals surface area (Å²) in [6.45, 7) is 4.33. The summed E-state index contributed by atoms with van der Waals surface area (Å²) in [6, 6.07) is 12.8. The molecule has 2 unspecified atom stereocenters. The molecular formula is C28H29ClF3N5O4. The van der Waals surface area contributed by atoms with Gasteiger partial charge in [-0.1, -0.05) is 29.8 Å². The van der Waals surface area contributed by atoms with Crippen LogP contribution in [0.25, 0.3) is 0 Å². The average Bonchev–Trinajstić information content (AvgIpc) is 2.88. The first-order chi connectivity index (χ1) is 19.3. The van der Waals surface area contributed by atoms with Crippen molar-refractivity contribution >= 4 is 35.4 Å². The van der Waals surface area contributed by atoms with Gasteiger partial charge in [-0.15, -0.1) is 0 Å². The summed E-state index contributed by atoms with van der Waals surface area (Å²) in [5.74, 6) is -1.34. The molecule has 0 fully saturated rings. The number of aromatic nitrogens is 1. The van der Waals surface area contributed by atoms with Crippen molar-refractivity contribution < 1.29 is 33.0 Å². The third kappa shape index (κ3) is 9.64. The van der Waals surface area contributed by atoms with Gasteiger partial charge in [0.05, 0.1) is 34.6 Å². The SMILES string of the molecule is CC(O)CN(Cc1cccc(C(=O)Nc2ncccc2C(=O)NN=Cc2ccc(Cl)c(C(F)(F)F)c2)c1)CC(C)O. The fraction of sp³-hybridized carbons (Fsp3) is 0.286. The maximum absolute atomic E-state index is 13.1. The average molecular weight is 592 g/mol. The summed E-state index contributed by atoms with van der Waals surface area (Å²) in [5, 5.41) is 25.4. The number of aliphatic hydroxyl groups excluding tert-OH is 2. The number of amides is 2. The van der Waals surface area contributed by atoms with Crippen LogP contribution < -0.4 is 10.7 Å². The Balaban J connectivity index is 1.71. The predicted molar refractivity (Wildman–Crippen MR) is 149 cm³/mol. The summed E-state index contributed by atoms with van der Waals surface area (Å²) in [5.41, 5.74) is 2.27. The molecule has 1 heterocycles. The van der Waals surface area contributed by atoms with Crippen molar-refractivity contribution in [3.63, 3.8) is 0 Å². The summed E-state index contributed by atoms with van der Waals surface area (Å²) in [6.07, 6.45) is -3.46. The maximum atomic E-state index is 13.1. The van der Waals surface area contributed by atoms with Crippen LogP contribution in [0.2, 0.25) is 5.02 Å². The van der Waals surface area contributed by atoms with Gasteiger partial charge in [-0.3, -0.25) is 14.5 Å². The Morgan fingerprint density at radius 3 is 2.41 bits per heavy atom. The second-order valence-electron chi connectivity index (χ2n) is 9.38. The van der Waals surface area contributed by atoms with E-state index < -0.39 is 40.8 Å². The lowest BCUT2D eigenvalue weighted by molar-refractivity contribution is -0.137. The number of hydrogen-bond donors (Lipinski definition) is 4. The number of alkyl halides is 3. The van der Waals surface area contributed by atoms with Gasteiger partial charge < -0.3 is 15.5 Å². The number of nitrogens with zero attached hydrogens (tertiary/aromatic N) is 3. The zero-order valence-corrected chi connectivity index (χ0v) is 22.9. The van der Waals surface area contributed by atoms with E-state index >= 15 is 0 Å². The van der Waals surface area contributed by atoms with Gasteiger partial charge in [0.1, 0.15) is 5.82 Å². The van der Waals surface area contributed by atoms with E-state index in [-0.39, 0.29) is 22.5 Å². The number of hydrazone groups is 1. The van der Waals surface area contributed by atoms with Crippen molar-refractivity contribution in [2.75, 3.05) is 18.4 Å². The van der Waals surface area contributed by atoms with E-state index in [1.165, 1.54) is 24.4 Å². The Labute approximate surface area is 239 Å². The molecule has 41 heavy (non-hydrogen) atoms. The molecule has 0 aliphatic carbocycles. The fourth-order valence-electron chi connectivity index (χ4n) is 3.95. The lowest BCUT2D eigenvalue weighted by Gasteiger charge is -2.25. The first kappa shape index (κ1) is 31.7. The summed E-state index contributed by atoms with van der Waals surface area (Å²) in [4.78, 5) is 31.7. The van der Waals surface area contributed by atoms with Gasteiger partial charge in [0.15, 0.2) is 0 Å². The topological polar surface area (TPSA) is 127 Å². The van der Waals surface area contributed by atoms with Gasteiger partial charge in [-0.25, -0.2) is 10.4 Å². The molecule has 218 valence electrons. The van der Waals surface area contributed by atoms with Gasteiger partial charge >= 0.3 is 6.18 Å². The van der Waals surface area contributed by atoms with Crippen molar-refractivity contribution in [3.8, 4) is 0 Å². The second-order valence-corrected chi connectivity index (χ2v) is 9.79. The van der Waals surface area contributed by atoms with Crippen molar-refractivity contribution in [1.29, 1.82) is 0 Å². The van der Waals surface area contributed by atoms with Crippen LogP contribution in [0.15, 0.2) is 65.9 Å². The van der Waals surface area contributed by atoms with E-state index in [0.29, 0.717) is 19.6 Å². The minimum Gasteiger partial charge on any atom is -0.392 e. The molecule has 0 radical (unpaired) electrons. The van der Waals surface area contributed by atoms with E-state index in [0.717, 1.165) is 23.9 Å². The van der Waals surface area contributed by atoms with E-state index in [9.17, 15) is 33.0 Å². The quantitative estimate of drug-likeness (QED) is 0.194. The highest BCUT2D eigenvalue weighted by Crippen LogP contribution is 2.34. The van der Waals surface area contributed by atoms with Crippen LogP contribution in [0.5, 0.6) is 0 Å². The molecule has 2 atom stereocenters. The molecule has 4 N–H and O–H groups in total. The number of aliphatic hydroxyl groups is 2. The highest BCUT2D eigenvalue weighted by atomic mass is 35.5. The van der Waals surface area contributed by atoms with Gasteiger partial charge in [0, 0.05) is 31.4 Å². The van der Waals surface area contributed by atoms with Crippen LogP contribution >= 0.6 is 11.6 Å². The van der Waals surface area contributed by atoms with Gasteiger partial charge in [-0.05, 0) is 61.4 Å². The zero-order valence-electron chi connectivity index (χ0n) is 22.2. The first-order valence-corrected chi connectivity index (χ1v) is 12.8. The van der Waals surface area contributed by atoms with Gasteiger partial charge in [0.25, 0.3) is 11.8 Å². The summed E-state index contributed by atoms with van der Waals surface area (Å²) >= 11 is 5.62. The Kier molecular flexibility index (Phi) is 11.0. The zero-order chi connectivity index (χ0) is 30.2. The van der Waals surface area contributed by atoms with Crippen molar-refractivity contribution in [1.82, 2.24) is 15.3 Å². The highest BCUT2D eigenvalue weighted by molar-refractivity contribution is 6.31. The van der Waals surface area contributed by atoms with Crippen LogP contribution in [0.3, 0.4) is 0 Å². The Morgan fingerprint density at radius 1 is 1.05 bits per heavy atom. The molecule has 0 saturated heterocycles. The third-order valence-electron chi connectivity index (χ3n) is 5.60. The molecule has 3 aromatic rings. The molecule has 3 rings (SSSR count). The molecular weight excluding hydrogens is 563 g/mol. The van der Waals surface area contributed by atoms with Crippen LogP contribution in [-0.4, -0.2) is 63.4 Å². The number of benzene rings is 2. The minimum atomic E-state index is -4.65. The van der Waals surface area contributed by atoms with Gasteiger partial charge in [0.2, 0.25) is 0 Å². The molecule has 9 nitrogen and oxygen atoms in total. The summed E-state index contributed by atoms with van der Waals surface area (Å²) in [7, 11) is 0. The number of nitrogens with one attached hydrogen (secondary N) is 2. The first-order valence-electron chi connectivity index (χ1n) is 12.5. The molecule has 2 amide bonds. The van der Waals surface area contributed by atoms with Crippen LogP contribution in [-0.2, 0) is 12.7 Å². The van der Waals surface area contributed by atoms with E-state index in [2.05, 4.69) is 20.8 Å². The molecule has 0 bridgehead atoms. The smallest absolute Gasteiger partial charge is 0.392 e. The van der Waals surface area contributed by atoms with Gasteiger partial charge in [-0.2, -0.15) is 18.3 Å². The fourth-order valence-corrected chi connectivity index (χ4v) is 4.18. The lowest BCUT2D eigenvalue weighted by Crippen LogP contribution is -2.35. The standard InChI is InChI=1S/C28H29ClF3N5O4/c1-17(38)14-37(15-18(2)39)16-20-5-3-6-21(11-20)26(40)35-25-22(7-4-10-33-25)27(41)36-34-13-19-8-9-24(29)23(12-19)28(30,31)32/h3-13,17-18,38-39H,14-16H2,1-2H3,(H,36,41)(H,33,35,40). The van der Waals surface area contributed by atoms with Crippen molar-refractivity contribution in [3.05, 3.63) is 93.6 Å². The molecule has 2 aromatic carbocycles. The number of halogens is 4. The number of rotatable bonds is 11. The largest absolute Gasteiger partial charge is 0.417 e. The van der Waals surface area contributed by atoms with Crippen molar-refractivity contribution in [2.45, 2.75) is 38.8 Å². The Hall–Kier alpha value is -3.84. The minimum absolute atomic E-state index is 0.0266. The van der Waals surface area contributed by atoms with Crippen LogP contribution in [0.1, 0.15) is 51.3 Å². The Morgan fingerprint density at radius 2 is 1.76 bits per heavy atom. The number of pyridine rings is 1. The normalized spacial score (nSPS) is 13.3. The summed E-state index contributed by atoms with van der Waals surface area (Å²) < 4.78 is 39.2. The molecule has 0 spiro atoms. The molecule has 1 aromatic heterocycles. The maximum Gasteiger partial charge on any atom is 0.417 e. The molecule has 13 heteroatoms. The number of hydrogen-bond acceptors (Lipinski definition) is 7. The lowest BCUT2D eigenvalue weighted by atomic mass is 10.1.